The molecule has 9 heteroatoms. The summed E-state index contributed by atoms with van der Waals surface area (Å²) >= 11 is 0. The van der Waals surface area contributed by atoms with E-state index in [1.54, 1.807) is 62.8 Å². The Labute approximate surface area is 222 Å². The van der Waals surface area contributed by atoms with E-state index in [2.05, 4.69) is 44.2 Å². The number of hydrogen-bond donors (Lipinski definition) is 1. The van der Waals surface area contributed by atoms with Crippen LogP contribution in [-0.2, 0) is 12.5 Å². The van der Waals surface area contributed by atoms with E-state index in [1.165, 1.54) is 6.20 Å². The number of carbonyl (C=O) groups is 1. The van der Waals surface area contributed by atoms with Gasteiger partial charge in [-0.05, 0) is 72.5 Å². The van der Waals surface area contributed by atoms with Crippen LogP contribution >= 0.6 is 0 Å². The molecule has 0 spiro atoms. The Balaban J connectivity index is 1.98. The second kappa shape index (κ2) is 11.0. The van der Waals surface area contributed by atoms with Gasteiger partial charge in [-0.15, -0.1) is 0 Å². The fraction of sp³-hybridized carbons (Fsp3) is 0.276. The second-order valence-electron chi connectivity index (χ2n) is 9.51. The number of allylic oxidation sites excluding steroid dienone is 4. The Morgan fingerprint density at radius 2 is 1.89 bits per heavy atom. The fourth-order valence-corrected chi connectivity index (χ4v) is 3.97. The highest BCUT2D eigenvalue weighted by Crippen LogP contribution is 2.31. The molecule has 0 fully saturated rings. The number of nitriles is 2. The van der Waals surface area contributed by atoms with Crippen molar-refractivity contribution in [1.29, 1.82) is 10.5 Å². The first-order valence-corrected chi connectivity index (χ1v) is 11.9. The first kappa shape index (κ1) is 27.7. The molecule has 3 rings (SSSR count). The minimum absolute atomic E-state index is 0.339. The van der Waals surface area contributed by atoms with E-state index in [0.29, 0.717) is 45.0 Å². The fourth-order valence-electron chi connectivity index (χ4n) is 3.97. The van der Waals surface area contributed by atoms with Gasteiger partial charge >= 0.3 is 0 Å². The Morgan fingerprint density at radius 1 is 1.18 bits per heavy atom. The predicted octanol–water partition coefficient (Wildman–Crippen LogP) is 4.93. The molecule has 0 saturated carbocycles. The Kier molecular flexibility index (Phi) is 8.03. The number of hydrogen-bond acceptors (Lipinski definition) is 7. The number of aryl methyl sites for hydroxylation is 2. The van der Waals surface area contributed by atoms with Gasteiger partial charge in [-0.25, -0.2) is 0 Å². The van der Waals surface area contributed by atoms with E-state index in [9.17, 15) is 15.3 Å². The van der Waals surface area contributed by atoms with Gasteiger partial charge in [0.15, 0.2) is 0 Å². The first-order chi connectivity index (χ1) is 17.9. The van der Waals surface area contributed by atoms with Gasteiger partial charge in [-0.3, -0.25) is 24.4 Å². The molecule has 0 aliphatic heterocycles. The topological polar surface area (TPSA) is 133 Å². The Morgan fingerprint density at radius 3 is 2.47 bits per heavy atom. The van der Waals surface area contributed by atoms with Crippen molar-refractivity contribution >= 4 is 18.2 Å². The van der Waals surface area contributed by atoms with E-state index < -0.39 is 5.41 Å². The molecule has 3 heterocycles. The minimum atomic E-state index is -0.825. The molecular formula is C29H30N8O. The van der Waals surface area contributed by atoms with Crippen molar-refractivity contribution in [3.8, 4) is 23.4 Å². The van der Waals surface area contributed by atoms with Gasteiger partial charge in [-0.1, -0.05) is 0 Å². The van der Waals surface area contributed by atoms with E-state index in [-0.39, 0.29) is 5.91 Å². The molecule has 3 aromatic heterocycles. The maximum absolute atomic E-state index is 13.0. The lowest BCUT2D eigenvalue weighted by Crippen LogP contribution is -2.23. The van der Waals surface area contributed by atoms with Crippen molar-refractivity contribution in [2.75, 3.05) is 0 Å². The quantitative estimate of drug-likeness (QED) is 0.357. The number of nitrogens with zero attached hydrogens (tertiary/aromatic N) is 7. The number of nitrogens with one attached hydrogen (secondary N) is 1. The van der Waals surface area contributed by atoms with Gasteiger partial charge < -0.3 is 5.32 Å². The lowest BCUT2D eigenvalue weighted by molar-refractivity contribution is 0.0965. The monoisotopic (exact) mass is 506 g/mol. The molecule has 0 aromatic carbocycles. The molecule has 3 aromatic rings. The van der Waals surface area contributed by atoms with Crippen LogP contribution in [0.1, 0.15) is 66.3 Å². The van der Waals surface area contributed by atoms with Crippen LogP contribution in [-0.4, -0.2) is 32.4 Å². The molecule has 192 valence electrons. The Bertz CT molecular complexity index is 1570. The molecule has 0 bridgehead atoms. The molecule has 0 radical (unpaired) electrons. The first-order valence-electron chi connectivity index (χ1n) is 11.9. The van der Waals surface area contributed by atoms with Gasteiger partial charge in [0.1, 0.15) is 6.07 Å². The highest BCUT2D eigenvalue weighted by molar-refractivity contribution is 5.95. The molecular weight excluding hydrogens is 476 g/mol. The Hall–Kier alpha value is -4.89. The lowest BCUT2D eigenvalue weighted by atomic mass is 9.90. The summed E-state index contributed by atoms with van der Waals surface area (Å²) in [5.74, 6) is -0.339. The van der Waals surface area contributed by atoms with Crippen LogP contribution in [0.4, 0.5) is 0 Å². The molecule has 1 N–H and O–H groups in total. The van der Waals surface area contributed by atoms with E-state index in [4.69, 9.17) is 0 Å². The summed E-state index contributed by atoms with van der Waals surface area (Å²) in [4.78, 5) is 25.9. The number of aliphatic imine (C=N–C) groups is 1. The third kappa shape index (κ3) is 5.58. The SMILES string of the molecule is C=N/C(C)=C(\C=C(/C)NC(=O)c1ccnc(C(C)(C)C#N)c1)c1cnc(-c2c(C)nn(C)c2C)c(C#N)c1. The van der Waals surface area contributed by atoms with Gasteiger partial charge in [0.25, 0.3) is 5.91 Å². The zero-order valence-electron chi connectivity index (χ0n) is 22.7. The van der Waals surface area contributed by atoms with Gasteiger partial charge in [0, 0.05) is 58.8 Å². The van der Waals surface area contributed by atoms with E-state index >= 15 is 0 Å². The average Bonchev–Trinajstić information content (AvgIpc) is 3.16. The number of pyridine rings is 2. The van der Waals surface area contributed by atoms with Crippen LogP contribution in [0.3, 0.4) is 0 Å². The zero-order chi connectivity index (χ0) is 28.2. The normalized spacial score (nSPS) is 12.3. The number of amides is 1. The maximum Gasteiger partial charge on any atom is 0.255 e. The van der Waals surface area contributed by atoms with E-state index in [0.717, 1.165) is 17.0 Å². The summed E-state index contributed by atoms with van der Waals surface area (Å²) in [6.07, 6.45) is 4.96. The minimum Gasteiger partial charge on any atom is -0.326 e. The molecule has 9 nitrogen and oxygen atoms in total. The van der Waals surface area contributed by atoms with Crippen molar-refractivity contribution in [3.63, 3.8) is 0 Å². The molecule has 0 aliphatic carbocycles. The largest absolute Gasteiger partial charge is 0.326 e. The van der Waals surface area contributed by atoms with Crippen molar-refractivity contribution in [3.05, 3.63) is 81.8 Å². The smallest absolute Gasteiger partial charge is 0.255 e. The molecule has 0 unspecified atom stereocenters. The molecule has 0 atom stereocenters. The van der Waals surface area contributed by atoms with Gasteiger partial charge in [0.2, 0.25) is 0 Å². The molecule has 0 saturated heterocycles. The summed E-state index contributed by atoms with van der Waals surface area (Å²) in [7, 11) is 1.85. The van der Waals surface area contributed by atoms with Crippen molar-refractivity contribution in [2.45, 2.75) is 47.0 Å². The van der Waals surface area contributed by atoms with E-state index in [1.807, 2.05) is 20.9 Å². The summed E-state index contributed by atoms with van der Waals surface area (Å²) in [6.45, 7) is 14.5. The van der Waals surface area contributed by atoms with Crippen molar-refractivity contribution in [1.82, 2.24) is 25.1 Å². The van der Waals surface area contributed by atoms with Gasteiger partial charge in [0.05, 0.1) is 34.1 Å². The molecule has 0 aliphatic rings. The van der Waals surface area contributed by atoms with Crippen LogP contribution < -0.4 is 5.32 Å². The highest BCUT2D eigenvalue weighted by Gasteiger charge is 2.23. The average molecular weight is 507 g/mol. The summed E-state index contributed by atoms with van der Waals surface area (Å²) < 4.78 is 1.76. The number of rotatable bonds is 7. The third-order valence-electron chi connectivity index (χ3n) is 6.31. The number of aromatic nitrogens is 4. The second-order valence-corrected chi connectivity index (χ2v) is 9.51. The third-order valence-corrected chi connectivity index (χ3v) is 6.31. The summed E-state index contributed by atoms with van der Waals surface area (Å²) in [5.41, 5.74) is 6.03. The van der Waals surface area contributed by atoms with Crippen LogP contribution in [0, 0.1) is 36.5 Å². The van der Waals surface area contributed by atoms with Crippen LogP contribution in [0.2, 0.25) is 0 Å². The predicted molar refractivity (Wildman–Crippen MR) is 147 cm³/mol. The van der Waals surface area contributed by atoms with Crippen LogP contribution in [0.15, 0.2) is 53.1 Å². The zero-order valence-corrected chi connectivity index (χ0v) is 22.7. The van der Waals surface area contributed by atoms with Gasteiger partial charge in [-0.2, -0.15) is 15.6 Å². The maximum atomic E-state index is 13.0. The lowest BCUT2D eigenvalue weighted by Gasteiger charge is -2.15. The number of carbonyl (C=O) groups excluding carboxylic acids is 1. The van der Waals surface area contributed by atoms with Crippen LogP contribution in [0.25, 0.3) is 16.8 Å². The molecule has 1 amide bonds. The summed E-state index contributed by atoms with van der Waals surface area (Å²) in [6, 6.07) is 9.41. The molecule has 38 heavy (non-hydrogen) atoms. The highest BCUT2D eigenvalue weighted by atomic mass is 16.1. The van der Waals surface area contributed by atoms with Crippen LogP contribution in [0.5, 0.6) is 0 Å². The summed E-state index contributed by atoms with van der Waals surface area (Å²) in [5, 5.41) is 26.6. The standard InChI is InChI=1S/C29H30N8O/c1-17(35-28(38)21-9-10-33-25(13-21)29(5,6)16-31)11-24(18(2)32-7)23-12-22(14-30)27(34-15-23)26-19(3)36-37(8)20(26)4/h9-13,15H,7H2,1-6,8H3,(H,35,38)/b17-11+,24-18+. The van der Waals surface area contributed by atoms with Crippen molar-refractivity contribution < 1.29 is 4.79 Å². The van der Waals surface area contributed by atoms with Crippen molar-refractivity contribution in [2.24, 2.45) is 12.0 Å².